The summed E-state index contributed by atoms with van der Waals surface area (Å²) in [4.78, 5) is 26.4. The van der Waals surface area contributed by atoms with Crippen molar-refractivity contribution in [1.29, 1.82) is 0 Å². The molecule has 2 aromatic carbocycles. The highest BCUT2D eigenvalue weighted by atomic mass is 35.5. The van der Waals surface area contributed by atoms with Gasteiger partial charge in [0, 0.05) is 15.8 Å². The number of hydrogen-bond acceptors (Lipinski definition) is 5. The van der Waals surface area contributed by atoms with E-state index in [1.807, 2.05) is 38.1 Å². The number of carbonyl (C=O) groups excluding carboxylic acids is 1. The topological polar surface area (TPSA) is 73.2 Å². The number of benzene rings is 2. The number of carbonyl (C=O) groups is 1. The van der Waals surface area contributed by atoms with Crippen molar-refractivity contribution in [3.8, 4) is 5.75 Å². The standard InChI is InChI=1S/C22H20ClN3O3S/c1-4-16(21(27)24-13-9-10-17(29-3)15(23)11-13)26-22(28)19-14-7-5-6-8-18(14)30-20(19)12(2)25-26/h5-11,16H,4H2,1-3H3,(H,24,27)/t16-/m1/s1. The third kappa shape index (κ3) is 3.44. The molecule has 4 rings (SSSR count). The number of nitrogens with one attached hydrogen (secondary N) is 1. The van der Waals surface area contributed by atoms with Gasteiger partial charge in [-0.15, -0.1) is 11.3 Å². The van der Waals surface area contributed by atoms with Crippen LogP contribution in [0.3, 0.4) is 0 Å². The Bertz CT molecular complexity index is 1330. The number of halogens is 1. The van der Waals surface area contributed by atoms with E-state index in [1.165, 1.54) is 11.8 Å². The summed E-state index contributed by atoms with van der Waals surface area (Å²) in [5.74, 6) is 0.191. The summed E-state index contributed by atoms with van der Waals surface area (Å²) in [6, 6.07) is 12.0. The molecule has 0 unspecified atom stereocenters. The largest absolute Gasteiger partial charge is 0.495 e. The van der Waals surface area contributed by atoms with E-state index in [2.05, 4.69) is 10.4 Å². The molecule has 1 amide bonds. The minimum Gasteiger partial charge on any atom is -0.495 e. The van der Waals surface area contributed by atoms with Gasteiger partial charge in [-0.2, -0.15) is 5.10 Å². The highest BCUT2D eigenvalue weighted by molar-refractivity contribution is 7.26. The van der Waals surface area contributed by atoms with Crippen LogP contribution in [0.15, 0.2) is 47.3 Å². The first-order valence-electron chi connectivity index (χ1n) is 9.49. The Morgan fingerprint density at radius 2 is 2.07 bits per heavy atom. The van der Waals surface area contributed by atoms with Crippen LogP contribution in [0.5, 0.6) is 5.75 Å². The fourth-order valence-electron chi connectivity index (χ4n) is 3.53. The molecule has 0 fully saturated rings. The zero-order valence-electron chi connectivity index (χ0n) is 16.7. The number of aryl methyl sites for hydroxylation is 1. The summed E-state index contributed by atoms with van der Waals surface area (Å²) in [6.45, 7) is 3.71. The molecule has 0 aliphatic rings. The second-order valence-electron chi connectivity index (χ2n) is 6.90. The summed E-state index contributed by atoms with van der Waals surface area (Å²) in [6.07, 6.45) is 0.412. The summed E-state index contributed by atoms with van der Waals surface area (Å²) in [5, 5.41) is 9.21. The molecule has 0 aliphatic heterocycles. The van der Waals surface area contributed by atoms with Crippen LogP contribution in [0.25, 0.3) is 20.2 Å². The minimum atomic E-state index is -0.750. The first kappa shape index (κ1) is 20.4. The van der Waals surface area contributed by atoms with Crippen molar-refractivity contribution in [1.82, 2.24) is 9.78 Å². The van der Waals surface area contributed by atoms with E-state index in [-0.39, 0.29) is 11.5 Å². The van der Waals surface area contributed by atoms with Gasteiger partial charge in [0.15, 0.2) is 0 Å². The smallest absolute Gasteiger partial charge is 0.276 e. The second kappa shape index (κ2) is 8.08. The normalized spacial score (nSPS) is 12.3. The van der Waals surface area contributed by atoms with Crippen LogP contribution in [-0.4, -0.2) is 22.8 Å². The number of amides is 1. The Balaban J connectivity index is 1.76. The molecule has 2 heterocycles. The van der Waals surface area contributed by atoms with E-state index >= 15 is 0 Å². The van der Waals surface area contributed by atoms with Gasteiger partial charge in [0.05, 0.1) is 27.9 Å². The SMILES string of the molecule is CC[C@H](C(=O)Nc1ccc(OC)c(Cl)c1)n1nc(C)c2sc3ccccc3c2c1=O. The number of thiophene rings is 1. The van der Waals surface area contributed by atoms with Crippen LogP contribution in [0, 0.1) is 6.92 Å². The van der Waals surface area contributed by atoms with Gasteiger partial charge in [-0.05, 0) is 37.6 Å². The number of fused-ring (bicyclic) bond motifs is 3. The minimum absolute atomic E-state index is 0.261. The molecular weight excluding hydrogens is 422 g/mol. The number of hydrogen-bond donors (Lipinski definition) is 1. The fraction of sp³-hybridized carbons (Fsp3) is 0.227. The first-order chi connectivity index (χ1) is 14.4. The number of aromatic nitrogens is 2. The van der Waals surface area contributed by atoms with E-state index < -0.39 is 6.04 Å². The molecule has 0 saturated carbocycles. The maximum Gasteiger partial charge on any atom is 0.276 e. The quantitative estimate of drug-likeness (QED) is 0.463. The van der Waals surface area contributed by atoms with Crippen molar-refractivity contribution in [3.05, 3.63) is 63.5 Å². The van der Waals surface area contributed by atoms with Crippen molar-refractivity contribution >= 4 is 54.7 Å². The van der Waals surface area contributed by atoms with Crippen molar-refractivity contribution in [2.45, 2.75) is 26.3 Å². The Morgan fingerprint density at radius 3 is 2.77 bits per heavy atom. The average molecular weight is 442 g/mol. The first-order valence-corrected chi connectivity index (χ1v) is 10.7. The molecule has 1 atom stereocenters. The molecule has 6 nitrogen and oxygen atoms in total. The van der Waals surface area contributed by atoms with Gasteiger partial charge in [-0.3, -0.25) is 9.59 Å². The summed E-state index contributed by atoms with van der Waals surface area (Å²) >= 11 is 7.70. The maximum atomic E-state index is 13.3. The third-order valence-electron chi connectivity index (χ3n) is 5.01. The van der Waals surface area contributed by atoms with Crippen molar-refractivity contribution in [3.63, 3.8) is 0 Å². The van der Waals surface area contributed by atoms with E-state index in [1.54, 1.807) is 29.5 Å². The Morgan fingerprint density at radius 1 is 1.30 bits per heavy atom. The van der Waals surface area contributed by atoms with Crippen LogP contribution < -0.4 is 15.6 Å². The van der Waals surface area contributed by atoms with Crippen molar-refractivity contribution in [2.24, 2.45) is 0 Å². The van der Waals surface area contributed by atoms with Crippen LogP contribution >= 0.6 is 22.9 Å². The van der Waals surface area contributed by atoms with Crippen LogP contribution in [-0.2, 0) is 4.79 Å². The van der Waals surface area contributed by atoms with Crippen molar-refractivity contribution in [2.75, 3.05) is 12.4 Å². The lowest BCUT2D eigenvalue weighted by Crippen LogP contribution is -2.35. The summed E-state index contributed by atoms with van der Waals surface area (Å²) in [5.41, 5.74) is 0.989. The number of ether oxygens (including phenoxy) is 1. The predicted octanol–water partition coefficient (Wildman–Crippen LogP) is 5.17. The predicted molar refractivity (Wildman–Crippen MR) is 122 cm³/mol. The lowest BCUT2D eigenvalue weighted by molar-refractivity contribution is -0.119. The molecule has 0 spiro atoms. The molecular formula is C22H20ClN3O3S. The van der Waals surface area contributed by atoms with Gasteiger partial charge >= 0.3 is 0 Å². The summed E-state index contributed by atoms with van der Waals surface area (Å²) < 4.78 is 8.33. The van der Waals surface area contributed by atoms with E-state index in [0.29, 0.717) is 28.3 Å². The van der Waals surface area contributed by atoms with Gasteiger partial charge < -0.3 is 10.1 Å². The van der Waals surface area contributed by atoms with E-state index in [0.717, 1.165) is 20.5 Å². The third-order valence-corrected chi connectivity index (χ3v) is 6.58. The van der Waals surface area contributed by atoms with E-state index in [4.69, 9.17) is 16.3 Å². The molecule has 30 heavy (non-hydrogen) atoms. The average Bonchev–Trinajstić information content (AvgIpc) is 3.13. The molecule has 2 aromatic heterocycles. The van der Waals surface area contributed by atoms with Gasteiger partial charge in [0.2, 0.25) is 5.91 Å². The number of methoxy groups -OCH3 is 1. The van der Waals surface area contributed by atoms with Crippen LogP contribution in [0.4, 0.5) is 5.69 Å². The number of rotatable bonds is 5. The zero-order valence-corrected chi connectivity index (χ0v) is 18.3. The zero-order chi connectivity index (χ0) is 21.4. The maximum absolute atomic E-state index is 13.3. The molecule has 8 heteroatoms. The summed E-state index contributed by atoms with van der Waals surface area (Å²) in [7, 11) is 1.53. The highest BCUT2D eigenvalue weighted by Crippen LogP contribution is 2.33. The van der Waals surface area contributed by atoms with E-state index in [9.17, 15) is 9.59 Å². The molecule has 4 aromatic rings. The lowest BCUT2D eigenvalue weighted by Gasteiger charge is -2.18. The molecule has 0 radical (unpaired) electrons. The van der Waals surface area contributed by atoms with Gasteiger partial charge in [-0.1, -0.05) is 36.7 Å². The second-order valence-corrected chi connectivity index (χ2v) is 8.36. The van der Waals surface area contributed by atoms with Gasteiger partial charge in [0.1, 0.15) is 11.8 Å². The fourth-order valence-corrected chi connectivity index (χ4v) is 4.92. The lowest BCUT2D eigenvalue weighted by atomic mass is 10.1. The monoisotopic (exact) mass is 441 g/mol. The van der Waals surface area contributed by atoms with Gasteiger partial charge in [-0.25, -0.2) is 4.68 Å². The molecule has 0 bridgehead atoms. The van der Waals surface area contributed by atoms with Crippen LogP contribution in [0.2, 0.25) is 5.02 Å². The van der Waals surface area contributed by atoms with Gasteiger partial charge in [0.25, 0.3) is 5.56 Å². The van der Waals surface area contributed by atoms with Crippen LogP contribution in [0.1, 0.15) is 25.1 Å². The Kier molecular flexibility index (Phi) is 5.49. The number of nitrogens with zero attached hydrogens (tertiary/aromatic N) is 2. The van der Waals surface area contributed by atoms with Crippen molar-refractivity contribution < 1.29 is 9.53 Å². The Labute approximate surface area is 182 Å². The molecule has 1 N–H and O–H groups in total. The molecule has 154 valence electrons. The molecule has 0 aliphatic carbocycles. The number of anilines is 1. The highest BCUT2D eigenvalue weighted by Gasteiger charge is 2.24. The molecule has 0 saturated heterocycles. The Hall–Kier alpha value is -2.90.